The van der Waals surface area contributed by atoms with Gasteiger partial charge in [0.2, 0.25) is 17.7 Å². The van der Waals surface area contributed by atoms with Crippen LogP contribution in [-0.4, -0.2) is 23.3 Å². The van der Waals surface area contributed by atoms with Gasteiger partial charge in [0.25, 0.3) is 0 Å². The van der Waals surface area contributed by atoms with E-state index >= 15 is 0 Å². The molecule has 0 unspecified atom stereocenters. The summed E-state index contributed by atoms with van der Waals surface area (Å²) in [6.07, 6.45) is 6.15. The van der Waals surface area contributed by atoms with Gasteiger partial charge in [0.15, 0.2) is 0 Å². The molecule has 2 N–H and O–H groups in total. The zero-order chi connectivity index (χ0) is 21.2. The molecule has 0 aliphatic carbocycles. The summed E-state index contributed by atoms with van der Waals surface area (Å²) < 4.78 is 23.5. The van der Waals surface area contributed by atoms with Crippen LogP contribution in [0.25, 0.3) is 6.08 Å². The Bertz CT molecular complexity index is 984. The zero-order valence-corrected chi connectivity index (χ0v) is 16.0. The number of nitrogens with one attached hydrogen (secondary N) is 2. The molecule has 0 saturated heterocycles. The molecule has 3 aromatic rings. The first-order valence-corrected chi connectivity index (χ1v) is 9.23. The van der Waals surface area contributed by atoms with Gasteiger partial charge < -0.3 is 19.8 Å². The lowest BCUT2D eigenvalue weighted by Crippen LogP contribution is -2.29. The van der Waals surface area contributed by atoms with Crippen LogP contribution in [0.2, 0.25) is 0 Å². The summed E-state index contributed by atoms with van der Waals surface area (Å²) in [6.45, 7) is 0.519. The maximum atomic E-state index is 12.9. The summed E-state index contributed by atoms with van der Waals surface area (Å²) in [7, 11) is 0. The number of aromatic nitrogens is 1. The Kier molecular flexibility index (Phi) is 7.32. The van der Waals surface area contributed by atoms with Crippen molar-refractivity contribution in [1.82, 2.24) is 15.6 Å². The molecule has 0 bridgehead atoms. The topological polar surface area (TPSA) is 93.5 Å². The summed E-state index contributed by atoms with van der Waals surface area (Å²) in [6, 6.07) is 12.5. The van der Waals surface area contributed by atoms with E-state index in [4.69, 9.17) is 9.15 Å². The van der Waals surface area contributed by atoms with Crippen molar-refractivity contribution < 1.29 is 23.1 Å². The Balaban J connectivity index is 1.35. The first-order chi connectivity index (χ1) is 14.6. The predicted molar refractivity (Wildman–Crippen MR) is 108 cm³/mol. The molecule has 7 nitrogen and oxygen atoms in total. The van der Waals surface area contributed by atoms with Crippen LogP contribution in [0.15, 0.2) is 71.5 Å². The van der Waals surface area contributed by atoms with E-state index in [0.717, 1.165) is 5.56 Å². The molecule has 2 aromatic heterocycles. The SMILES string of the molecule is O=C(/C=C/c1ccco1)NCCC(=O)NCc1ccc(Oc2ccc(F)cc2)nc1. The zero-order valence-electron chi connectivity index (χ0n) is 16.0. The third-order valence-electron chi connectivity index (χ3n) is 3.92. The minimum atomic E-state index is -0.341. The van der Waals surface area contributed by atoms with Crippen LogP contribution in [0.3, 0.4) is 0 Å². The monoisotopic (exact) mass is 409 g/mol. The highest BCUT2D eigenvalue weighted by atomic mass is 19.1. The summed E-state index contributed by atoms with van der Waals surface area (Å²) in [5.41, 5.74) is 0.792. The van der Waals surface area contributed by atoms with Crippen molar-refractivity contribution in [3.05, 3.63) is 84.2 Å². The fourth-order valence-electron chi connectivity index (χ4n) is 2.39. The number of carbonyl (C=O) groups is 2. The molecular weight excluding hydrogens is 389 g/mol. The van der Waals surface area contributed by atoms with Crippen LogP contribution < -0.4 is 15.4 Å². The molecule has 1 aromatic carbocycles. The fourth-order valence-corrected chi connectivity index (χ4v) is 2.39. The molecule has 8 heteroatoms. The first-order valence-electron chi connectivity index (χ1n) is 9.23. The lowest BCUT2D eigenvalue weighted by atomic mass is 10.2. The molecule has 3 rings (SSSR count). The first kappa shape index (κ1) is 20.8. The number of nitrogens with zero attached hydrogens (tertiary/aromatic N) is 1. The van der Waals surface area contributed by atoms with E-state index in [9.17, 15) is 14.0 Å². The molecule has 2 amide bonds. The number of rotatable bonds is 9. The average Bonchev–Trinajstić information content (AvgIpc) is 3.27. The predicted octanol–water partition coefficient (Wildman–Crippen LogP) is 3.44. The number of carbonyl (C=O) groups excluding carboxylic acids is 2. The van der Waals surface area contributed by atoms with Gasteiger partial charge in [-0.1, -0.05) is 6.07 Å². The Morgan fingerprint density at radius 1 is 1.10 bits per heavy atom. The lowest BCUT2D eigenvalue weighted by molar-refractivity contribution is -0.121. The normalized spacial score (nSPS) is 10.7. The molecule has 154 valence electrons. The largest absolute Gasteiger partial charge is 0.465 e. The van der Waals surface area contributed by atoms with Gasteiger partial charge in [0.05, 0.1) is 6.26 Å². The van der Waals surface area contributed by atoms with Crippen LogP contribution in [0.4, 0.5) is 4.39 Å². The van der Waals surface area contributed by atoms with Gasteiger partial charge in [-0.3, -0.25) is 9.59 Å². The molecule has 0 fully saturated rings. The van der Waals surface area contributed by atoms with Gasteiger partial charge in [-0.25, -0.2) is 9.37 Å². The second-order valence-electron chi connectivity index (χ2n) is 6.23. The van der Waals surface area contributed by atoms with Crippen molar-refractivity contribution in [3.63, 3.8) is 0 Å². The Morgan fingerprint density at radius 2 is 1.93 bits per heavy atom. The van der Waals surface area contributed by atoms with Gasteiger partial charge in [0.1, 0.15) is 17.3 Å². The molecule has 0 aliphatic rings. The highest BCUT2D eigenvalue weighted by Crippen LogP contribution is 2.19. The molecule has 0 radical (unpaired) electrons. The summed E-state index contributed by atoms with van der Waals surface area (Å²) in [5, 5.41) is 5.38. The van der Waals surface area contributed by atoms with E-state index in [0.29, 0.717) is 23.9 Å². The smallest absolute Gasteiger partial charge is 0.244 e. The number of furan rings is 1. The quantitative estimate of drug-likeness (QED) is 0.528. The molecule has 0 saturated carbocycles. The van der Waals surface area contributed by atoms with Crippen molar-refractivity contribution in [2.24, 2.45) is 0 Å². The third-order valence-corrected chi connectivity index (χ3v) is 3.92. The second-order valence-corrected chi connectivity index (χ2v) is 6.23. The fraction of sp³-hybridized carbons (Fsp3) is 0.136. The van der Waals surface area contributed by atoms with Crippen molar-refractivity contribution in [2.45, 2.75) is 13.0 Å². The van der Waals surface area contributed by atoms with Crippen LogP contribution in [0.5, 0.6) is 11.6 Å². The number of amides is 2. The van der Waals surface area contributed by atoms with Gasteiger partial charge in [-0.2, -0.15) is 0 Å². The highest BCUT2D eigenvalue weighted by Gasteiger charge is 2.04. The standard InChI is InChI=1S/C22H20FN3O4/c23-17-4-6-19(7-5-17)30-22-10-3-16(15-26-22)14-25-21(28)11-12-24-20(27)9-8-18-2-1-13-29-18/h1-10,13,15H,11-12,14H2,(H,24,27)(H,25,28)/b9-8+. The molecule has 30 heavy (non-hydrogen) atoms. The van der Waals surface area contributed by atoms with Crippen molar-refractivity contribution in [1.29, 1.82) is 0 Å². The molecule has 2 heterocycles. The molecule has 0 atom stereocenters. The van der Waals surface area contributed by atoms with E-state index in [1.54, 1.807) is 36.5 Å². The summed E-state index contributed by atoms with van der Waals surface area (Å²) >= 11 is 0. The van der Waals surface area contributed by atoms with Crippen LogP contribution in [0.1, 0.15) is 17.7 Å². The van der Waals surface area contributed by atoms with Crippen molar-refractivity contribution >= 4 is 17.9 Å². The second kappa shape index (κ2) is 10.6. The van der Waals surface area contributed by atoms with E-state index < -0.39 is 0 Å². The van der Waals surface area contributed by atoms with Crippen LogP contribution in [-0.2, 0) is 16.1 Å². The molecule has 0 aliphatic heterocycles. The highest BCUT2D eigenvalue weighted by molar-refractivity contribution is 5.91. The number of halogens is 1. The number of ether oxygens (including phenoxy) is 1. The number of hydrogen-bond acceptors (Lipinski definition) is 5. The number of benzene rings is 1. The lowest BCUT2D eigenvalue weighted by Gasteiger charge is -2.07. The average molecular weight is 409 g/mol. The Morgan fingerprint density at radius 3 is 2.63 bits per heavy atom. The summed E-state index contributed by atoms with van der Waals surface area (Å²) in [5.74, 6) is 0.571. The van der Waals surface area contributed by atoms with E-state index in [1.165, 1.54) is 36.6 Å². The van der Waals surface area contributed by atoms with Crippen molar-refractivity contribution in [3.8, 4) is 11.6 Å². The minimum absolute atomic E-state index is 0.152. The van der Waals surface area contributed by atoms with Crippen LogP contribution in [0, 0.1) is 5.82 Å². The molecule has 0 spiro atoms. The molecular formula is C22H20FN3O4. The maximum Gasteiger partial charge on any atom is 0.244 e. The van der Waals surface area contributed by atoms with Crippen LogP contribution >= 0.6 is 0 Å². The summed E-state index contributed by atoms with van der Waals surface area (Å²) in [4.78, 5) is 27.7. The minimum Gasteiger partial charge on any atom is -0.465 e. The van der Waals surface area contributed by atoms with Gasteiger partial charge in [-0.15, -0.1) is 0 Å². The van der Waals surface area contributed by atoms with E-state index in [1.807, 2.05) is 0 Å². The Labute approximate surface area is 172 Å². The van der Waals surface area contributed by atoms with E-state index in [-0.39, 0.29) is 30.6 Å². The van der Waals surface area contributed by atoms with Crippen molar-refractivity contribution in [2.75, 3.05) is 6.54 Å². The van der Waals surface area contributed by atoms with Gasteiger partial charge in [0, 0.05) is 37.8 Å². The number of hydrogen-bond donors (Lipinski definition) is 2. The van der Waals surface area contributed by atoms with Gasteiger partial charge in [-0.05, 0) is 48.0 Å². The number of pyridine rings is 1. The van der Waals surface area contributed by atoms with Gasteiger partial charge >= 0.3 is 0 Å². The maximum absolute atomic E-state index is 12.9. The third kappa shape index (κ3) is 6.90. The Hall–Kier alpha value is -3.94. The van der Waals surface area contributed by atoms with E-state index in [2.05, 4.69) is 15.6 Å².